The molecule has 0 saturated heterocycles. The summed E-state index contributed by atoms with van der Waals surface area (Å²) in [6.45, 7) is 2.34. The van der Waals surface area contributed by atoms with Crippen LogP contribution in [-0.4, -0.2) is 21.9 Å². The van der Waals surface area contributed by atoms with E-state index in [1.54, 1.807) is 0 Å². The molecule has 2 heterocycles. The molecule has 0 unspecified atom stereocenters. The Labute approximate surface area is 113 Å². The molecule has 0 fully saturated rings. The second kappa shape index (κ2) is 5.31. The smallest absolute Gasteiger partial charge is 0.224 e. The fourth-order valence-corrected chi connectivity index (χ4v) is 2.58. The second-order valence-electron chi connectivity index (χ2n) is 4.99. The predicted molar refractivity (Wildman–Crippen MR) is 74.6 cm³/mol. The fraction of sp³-hybridized carbons (Fsp3) is 0.312. The number of hydrogen-bond donors (Lipinski definition) is 0. The first-order chi connectivity index (χ1) is 9.33. The number of carbonyl (C=O) groups excluding carboxylic acids is 1. The van der Waals surface area contributed by atoms with Gasteiger partial charge in [-0.2, -0.15) is 0 Å². The van der Waals surface area contributed by atoms with Crippen molar-refractivity contribution in [1.82, 2.24) is 9.47 Å². The van der Waals surface area contributed by atoms with Crippen molar-refractivity contribution in [3.05, 3.63) is 59.9 Å². The van der Waals surface area contributed by atoms with Crippen molar-refractivity contribution in [2.75, 3.05) is 6.54 Å². The highest BCUT2D eigenvalue weighted by atomic mass is 16.2. The van der Waals surface area contributed by atoms with Gasteiger partial charge in [0.2, 0.25) is 5.91 Å². The topological polar surface area (TPSA) is 25.2 Å². The summed E-state index contributed by atoms with van der Waals surface area (Å²) in [7, 11) is 0. The molecule has 1 aromatic heterocycles. The van der Waals surface area contributed by atoms with E-state index < -0.39 is 0 Å². The Kier molecular flexibility index (Phi) is 3.36. The van der Waals surface area contributed by atoms with Gasteiger partial charge in [0.1, 0.15) is 0 Å². The molecule has 2 aromatic rings. The van der Waals surface area contributed by atoms with E-state index in [1.165, 1.54) is 11.3 Å². The highest BCUT2D eigenvalue weighted by Crippen LogP contribution is 2.14. The van der Waals surface area contributed by atoms with Crippen molar-refractivity contribution < 1.29 is 4.79 Å². The molecule has 3 heteroatoms. The quantitative estimate of drug-likeness (QED) is 0.826. The summed E-state index contributed by atoms with van der Waals surface area (Å²) in [5.41, 5.74) is 2.52. The predicted octanol–water partition coefficient (Wildman–Crippen LogP) is 2.46. The van der Waals surface area contributed by atoms with Crippen LogP contribution < -0.4 is 0 Å². The van der Waals surface area contributed by atoms with Gasteiger partial charge in [0.05, 0.1) is 6.54 Å². The van der Waals surface area contributed by atoms with E-state index in [0.29, 0.717) is 6.42 Å². The zero-order chi connectivity index (χ0) is 13.1. The monoisotopic (exact) mass is 254 g/mol. The minimum atomic E-state index is 0.264. The van der Waals surface area contributed by atoms with E-state index in [2.05, 4.69) is 35.0 Å². The third kappa shape index (κ3) is 2.70. The zero-order valence-corrected chi connectivity index (χ0v) is 11.0. The van der Waals surface area contributed by atoms with Crippen molar-refractivity contribution in [3.8, 4) is 0 Å². The Bertz CT molecular complexity index is 559. The largest absolute Gasteiger partial charge is 0.349 e. The number of aryl methyl sites for hydroxylation is 1. The molecule has 1 amide bonds. The minimum Gasteiger partial charge on any atom is -0.349 e. The Morgan fingerprint density at radius 1 is 1.05 bits per heavy atom. The number of aromatic nitrogens is 1. The van der Waals surface area contributed by atoms with Gasteiger partial charge in [-0.15, -0.1) is 0 Å². The number of nitrogens with zero attached hydrogens (tertiary/aromatic N) is 2. The molecule has 0 bridgehead atoms. The van der Waals surface area contributed by atoms with E-state index in [4.69, 9.17) is 0 Å². The highest BCUT2D eigenvalue weighted by Gasteiger charge is 2.19. The van der Waals surface area contributed by atoms with Gasteiger partial charge in [-0.25, -0.2) is 0 Å². The third-order valence-electron chi connectivity index (χ3n) is 3.71. The van der Waals surface area contributed by atoms with Gasteiger partial charge in [0.25, 0.3) is 0 Å². The molecular formula is C16H18N2O. The standard InChI is InChI=1S/C16H18N2O/c19-16-9-12-17-10-4-7-15(17)13-18(16)11-8-14-5-2-1-3-6-14/h1-7,10H,8-9,11-13H2. The average molecular weight is 254 g/mol. The zero-order valence-electron chi connectivity index (χ0n) is 11.0. The molecule has 0 spiro atoms. The molecule has 0 atom stereocenters. The van der Waals surface area contributed by atoms with Gasteiger partial charge in [-0.05, 0) is 24.1 Å². The molecular weight excluding hydrogens is 236 g/mol. The van der Waals surface area contributed by atoms with Gasteiger partial charge in [-0.1, -0.05) is 30.3 Å². The Morgan fingerprint density at radius 3 is 2.74 bits per heavy atom. The minimum absolute atomic E-state index is 0.264. The summed E-state index contributed by atoms with van der Waals surface area (Å²) in [5, 5.41) is 0. The van der Waals surface area contributed by atoms with Crippen LogP contribution >= 0.6 is 0 Å². The molecule has 1 aliphatic heterocycles. The van der Waals surface area contributed by atoms with Gasteiger partial charge in [0.15, 0.2) is 0 Å². The Hall–Kier alpha value is -2.03. The Balaban J connectivity index is 1.68. The van der Waals surface area contributed by atoms with Crippen LogP contribution in [0.3, 0.4) is 0 Å². The Morgan fingerprint density at radius 2 is 1.89 bits per heavy atom. The van der Waals surface area contributed by atoms with Gasteiger partial charge in [0, 0.05) is 31.4 Å². The van der Waals surface area contributed by atoms with E-state index in [9.17, 15) is 4.79 Å². The first-order valence-electron chi connectivity index (χ1n) is 6.78. The molecule has 0 aliphatic carbocycles. The summed E-state index contributed by atoms with van der Waals surface area (Å²) < 4.78 is 2.18. The number of rotatable bonds is 3. The summed E-state index contributed by atoms with van der Waals surface area (Å²) in [6, 6.07) is 14.5. The van der Waals surface area contributed by atoms with Crippen molar-refractivity contribution >= 4 is 5.91 Å². The number of amides is 1. The van der Waals surface area contributed by atoms with Crippen molar-refractivity contribution in [2.24, 2.45) is 0 Å². The van der Waals surface area contributed by atoms with Gasteiger partial charge < -0.3 is 9.47 Å². The lowest BCUT2D eigenvalue weighted by atomic mass is 10.1. The van der Waals surface area contributed by atoms with Crippen LogP contribution in [0.15, 0.2) is 48.7 Å². The van der Waals surface area contributed by atoms with Crippen LogP contribution in [0.25, 0.3) is 0 Å². The second-order valence-corrected chi connectivity index (χ2v) is 4.99. The van der Waals surface area contributed by atoms with Crippen LogP contribution in [-0.2, 0) is 24.3 Å². The number of fused-ring (bicyclic) bond motifs is 1. The SMILES string of the molecule is O=C1CCn2cccc2CN1CCc1ccccc1. The van der Waals surface area contributed by atoms with E-state index in [1.807, 2.05) is 23.1 Å². The highest BCUT2D eigenvalue weighted by molar-refractivity contribution is 5.76. The first kappa shape index (κ1) is 12.0. The van der Waals surface area contributed by atoms with Crippen molar-refractivity contribution in [1.29, 1.82) is 0 Å². The molecule has 98 valence electrons. The summed E-state index contributed by atoms with van der Waals surface area (Å²) >= 11 is 0. The lowest BCUT2D eigenvalue weighted by Crippen LogP contribution is -2.31. The fourth-order valence-electron chi connectivity index (χ4n) is 2.58. The summed E-state index contributed by atoms with van der Waals surface area (Å²) in [5.74, 6) is 0.264. The maximum Gasteiger partial charge on any atom is 0.224 e. The molecule has 1 aromatic carbocycles. The van der Waals surface area contributed by atoms with Gasteiger partial charge in [-0.3, -0.25) is 4.79 Å². The summed E-state index contributed by atoms with van der Waals surface area (Å²) in [4.78, 5) is 14.1. The van der Waals surface area contributed by atoms with E-state index in [-0.39, 0.29) is 5.91 Å². The average Bonchev–Trinajstić information content (AvgIpc) is 2.83. The molecule has 0 saturated carbocycles. The lowest BCUT2D eigenvalue weighted by Gasteiger charge is -2.20. The number of carbonyl (C=O) groups is 1. The number of hydrogen-bond acceptors (Lipinski definition) is 1. The van der Waals surface area contributed by atoms with Crippen molar-refractivity contribution in [3.63, 3.8) is 0 Å². The first-order valence-corrected chi connectivity index (χ1v) is 6.78. The molecule has 1 aliphatic rings. The maximum atomic E-state index is 12.1. The van der Waals surface area contributed by atoms with Crippen LogP contribution in [0.1, 0.15) is 17.7 Å². The molecule has 3 rings (SSSR count). The van der Waals surface area contributed by atoms with Crippen LogP contribution in [0, 0.1) is 0 Å². The maximum absolute atomic E-state index is 12.1. The molecule has 19 heavy (non-hydrogen) atoms. The number of benzene rings is 1. The van der Waals surface area contributed by atoms with E-state index in [0.717, 1.165) is 26.1 Å². The third-order valence-corrected chi connectivity index (χ3v) is 3.71. The van der Waals surface area contributed by atoms with Crippen LogP contribution in [0.2, 0.25) is 0 Å². The van der Waals surface area contributed by atoms with Crippen LogP contribution in [0.5, 0.6) is 0 Å². The van der Waals surface area contributed by atoms with Crippen LogP contribution in [0.4, 0.5) is 0 Å². The van der Waals surface area contributed by atoms with E-state index >= 15 is 0 Å². The molecule has 3 nitrogen and oxygen atoms in total. The molecule has 0 radical (unpaired) electrons. The summed E-state index contributed by atoms with van der Waals surface area (Å²) in [6.07, 6.45) is 3.59. The normalized spacial score (nSPS) is 15.2. The lowest BCUT2D eigenvalue weighted by molar-refractivity contribution is -0.131. The van der Waals surface area contributed by atoms with Crippen molar-refractivity contribution in [2.45, 2.75) is 25.9 Å². The molecule has 0 N–H and O–H groups in total. The van der Waals surface area contributed by atoms with Gasteiger partial charge >= 0.3 is 0 Å².